The van der Waals surface area contributed by atoms with Crippen molar-refractivity contribution < 1.29 is 0 Å². The molecule has 2 atom stereocenters. The van der Waals surface area contributed by atoms with Crippen LogP contribution < -0.4 is 0 Å². The van der Waals surface area contributed by atoms with Gasteiger partial charge in [-0.2, -0.15) is 0 Å². The molecule has 0 aromatic rings. The summed E-state index contributed by atoms with van der Waals surface area (Å²) in [7, 11) is 0. The van der Waals surface area contributed by atoms with E-state index in [0.29, 0.717) is 0 Å². The van der Waals surface area contributed by atoms with Gasteiger partial charge in [0, 0.05) is 22.1 Å². The molecule has 2 aliphatic rings. The smallest absolute Gasteiger partial charge is 0.0139 e. The lowest BCUT2D eigenvalue weighted by Crippen LogP contribution is -2.46. The van der Waals surface area contributed by atoms with Crippen LogP contribution in [-0.4, -0.2) is 27.0 Å². The van der Waals surface area contributed by atoms with Gasteiger partial charge in [0.25, 0.3) is 0 Å². The Morgan fingerprint density at radius 2 is 1.67 bits per heavy atom. The predicted molar refractivity (Wildman–Crippen MR) is 60.8 cm³/mol. The summed E-state index contributed by atoms with van der Waals surface area (Å²) in [5, 5.41) is 0. The average molecular weight is 279 g/mol. The summed E-state index contributed by atoms with van der Waals surface area (Å²) in [4.78, 5) is 2.76. The van der Waals surface area contributed by atoms with Gasteiger partial charge < -0.3 is 0 Å². The molecule has 1 nitrogen and oxygen atoms in total. The van der Waals surface area contributed by atoms with E-state index in [1.807, 2.05) is 0 Å². The number of fused-ring (bicyclic) bond motifs is 2. The third-order valence-corrected chi connectivity index (χ3v) is 4.35. The molecule has 0 aromatic heterocycles. The van der Waals surface area contributed by atoms with Crippen molar-refractivity contribution in [2.45, 2.75) is 61.6 Å². The summed E-state index contributed by atoms with van der Waals surface area (Å²) in [6.45, 7) is 4.69. The van der Waals surface area contributed by atoms with E-state index in [-0.39, 0.29) is 0 Å². The first-order valence-corrected chi connectivity index (χ1v) is 6.34. The summed E-state index contributed by atoms with van der Waals surface area (Å²) < 4.78 is 0.954. The number of rotatable bonds is 1. The Labute approximate surface area is 89.0 Å². The van der Waals surface area contributed by atoms with Gasteiger partial charge in [-0.25, -0.2) is 0 Å². The summed E-state index contributed by atoms with van der Waals surface area (Å²) in [5.74, 6) is 0. The Hall–Kier alpha value is 0.690. The van der Waals surface area contributed by atoms with E-state index in [1.165, 1.54) is 25.7 Å². The molecule has 0 spiro atoms. The molecule has 2 fully saturated rings. The molecular formula is C10H18IN. The minimum atomic E-state index is 0.770. The van der Waals surface area contributed by atoms with E-state index in [0.717, 1.165) is 22.1 Å². The summed E-state index contributed by atoms with van der Waals surface area (Å²) in [6, 6.07) is 2.61. The second-order valence-electron chi connectivity index (χ2n) is 4.49. The number of hydrogen-bond acceptors (Lipinski definition) is 1. The van der Waals surface area contributed by atoms with Crippen molar-refractivity contribution in [2.75, 3.05) is 0 Å². The maximum Gasteiger partial charge on any atom is 0.0139 e. The molecule has 2 heterocycles. The molecule has 2 bridgehead atoms. The molecule has 0 radical (unpaired) electrons. The fraction of sp³-hybridized carbons (Fsp3) is 1.00. The first-order valence-electron chi connectivity index (χ1n) is 5.10. The third kappa shape index (κ3) is 1.52. The van der Waals surface area contributed by atoms with Crippen LogP contribution >= 0.6 is 22.6 Å². The number of hydrogen-bond donors (Lipinski definition) is 0. The number of alkyl halides is 1. The molecule has 2 aliphatic heterocycles. The first-order chi connectivity index (χ1) is 5.68. The molecule has 70 valence electrons. The van der Waals surface area contributed by atoms with Gasteiger partial charge in [0.2, 0.25) is 0 Å². The third-order valence-electron chi connectivity index (χ3n) is 3.33. The molecule has 0 aromatic carbocycles. The van der Waals surface area contributed by atoms with Crippen molar-refractivity contribution in [1.29, 1.82) is 0 Å². The van der Waals surface area contributed by atoms with Crippen LogP contribution in [0.15, 0.2) is 0 Å². The summed E-state index contributed by atoms with van der Waals surface area (Å²) in [6.07, 6.45) is 5.80. The molecule has 2 saturated heterocycles. The molecule has 2 unspecified atom stereocenters. The minimum absolute atomic E-state index is 0.770. The lowest BCUT2D eigenvalue weighted by atomic mass is 10.0. The van der Waals surface area contributed by atoms with Crippen molar-refractivity contribution in [2.24, 2.45) is 0 Å². The largest absolute Gasteiger partial charge is 0.295 e. The zero-order valence-corrected chi connectivity index (χ0v) is 10.1. The van der Waals surface area contributed by atoms with Gasteiger partial charge in [-0.05, 0) is 39.5 Å². The van der Waals surface area contributed by atoms with E-state index in [4.69, 9.17) is 0 Å². The van der Waals surface area contributed by atoms with E-state index in [1.54, 1.807) is 0 Å². The monoisotopic (exact) mass is 279 g/mol. The standard InChI is InChI=1S/C10H18IN/c1-7(2)12-9-3-4-10(12)6-8(11)5-9/h7-10H,3-6H2,1-2H3. The highest BCUT2D eigenvalue weighted by Crippen LogP contribution is 2.39. The minimum Gasteiger partial charge on any atom is -0.295 e. The van der Waals surface area contributed by atoms with E-state index >= 15 is 0 Å². The topological polar surface area (TPSA) is 3.24 Å². The van der Waals surface area contributed by atoms with Crippen LogP contribution in [0.5, 0.6) is 0 Å². The SMILES string of the molecule is CC(C)N1C2CCC1CC(I)C2. The van der Waals surface area contributed by atoms with Gasteiger partial charge in [-0.3, -0.25) is 4.90 Å². The molecule has 12 heavy (non-hydrogen) atoms. The van der Waals surface area contributed by atoms with Crippen LogP contribution in [-0.2, 0) is 0 Å². The van der Waals surface area contributed by atoms with Crippen LogP contribution in [0, 0.1) is 0 Å². The Morgan fingerprint density at radius 3 is 2.08 bits per heavy atom. The van der Waals surface area contributed by atoms with Crippen LogP contribution in [0.25, 0.3) is 0 Å². The fourth-order valence-corrected chi connectivity index (χ4v) is 4.16. The lowest BCUT2D eigenvalue weighted by molar-refractivity contribution is 0.110. The van der Waals surface area contributed by atoms with Gasteiger partial charge in [0.15, 0.2) is 0 Å². The maximum atomic E-state index is 2.76. The lowest BCUT2D eigenvalue weighted by Gasteiger charge is -2.39. The number of nitrogens with zero attached hydrogens (tertiary/aromatic N) is 1. The molecule has 0 N–H and O–H groups in total. The Morgan fingerprint density at radius 1 is 1.17 bits per heavy atom. The van der Waals surface area contributed by atoms with Gasteiger partial charge >= 0.3 is 0 Å². The quantitative estimate of drug-likeness (QED) is 0.527. The van der Waals surface area contributed by atoms with E-state index in [2.05, 4.69) is 41.3 Å². The Kier molecular flexibility index (Phi) is 2.66. The molecule has 0 saturated carbocycles. The van der Waals surface area contributed by atoms with Crippen LogP contribution in [0.2, 0.25) is 0 Å². The summed E-state index contributed by atoms with van der Waals surface area (Å²) in [5.41, 5.74) is 0. The molecular weight excluding hydrogens is 261 g/mol. The van der Waals surface area contributed by atoms with Crippen LogP contribution in [0.4, 0.5) is 0 Å². The first kappa shape index (κ1) is 9.25. The fourth-order valence-electron chi connectivity index (χ4n) is 2.99. The van der Waals surface area contributed by atoms with Gasteiger partial charge in [0.1, 0.15) is 0 Å². The zero-order valence-electron chi connectivity index (χ0n) is 7.96. The van der Waals surface area contributed by atoms with Crippen molar-refractivity contribution in [3.8, 4) is 0 Å². The normalized spacial score (nSPS) is 42.5. The molecule has 2 rings (SSSR count). The van der Waals surface area contributed by atoms with E-state index in [9.17, 15) is 0 Å². The molecule has 2 heteroatoms. The average Bonchev–Trinajstić information content (AvgIpc) is 2.24. The van der Waals surface area contributed by atoms with Gasteiger partial charge in [0.05, 0.1) is 0 Å². The van der Waals surface area contributed by atoms with Crippen molar-refractivity contribution in [3.05, 3.63) is 0 Å². The van der Waals surface area contributed by atoms with Crippen molar-refractivity contribution in [1.82, 2.24) is 4.90 Å². The second-order valence-corrected chi connectivity index (χ2v) is 6.26. The summed E-state index contributed by atoms with van der Waals surface area (Å²) >= 11 is 2.63. The van der Waals surface area contributed by atoms with Crippen molar-refractivity contribution in [3.63, 3.8) is 0 Å². The van der Waals surface area contributed by atoms with Gasteiger partial charge in [-0.1, -0.05) is 22.6 Å². The van der Waals surface area contributed by atoms with E-state index < -0.39 is 0 Å². The highest BCUT2D eigenvalue weighted by Gasteiger charge is 2.40. The molecule has 0 amide bonds. The number of piperidine rings is 1. The van der Waals surface area contributed by atoms with Crippen LogP contribution in [0.1, 0.15) is 39.5 Å². The number of halogens is 1. The van der Waals surface area contributed by atoms with Crippen LogP contribution in [0.3, 0.4) is 0 Å². The second kappa shape index (κ2) is 3.45. The Bertz CT molecular complexity index is 155. The van der Waals surface area contributed by atoms with Crippen molar-refractivity contribution >= 4 is 22.6 Å². The highest BCUT2D eigenvalue weighted by molar-refractivity contribution is 14.1. The molecule has 0 aliphatic carbocycles. The Balaban J connectivity index is 2.09. The predicted octanol–water partition coefficient (Wildman–Crippen LogP) is 2.83. The van der Waals surface area contributed by atoms with Gasteiger partial charge in [-0.15, -0.1) is 0 Å². The maximum absolute atomic E-state index is 2.76. The zero-order chi connectivity index (χ0) is 8.72. The highest BCUT2D eigenvalue weighted by atomic mass is 127.